The van der Waals surface area contributed by atoms with E-state index in [1.807, 2.05) is 12.1 Å². The van der Waals surface area contributed by atoms with Crippen molar-refractivity contribution in [2.24, 2.45) is 0 Å². The minimum atomic E-state index is 0.788. The van der Waals surface area contributed by atoms with Crippen molar-refractivity contribution in [2.45, 2.75) is 38.6 Å². The van der Waals surface area contributed by atoms with Crippen molar-refractivity contribution in [1.82, 2.24) is 4.90 Å². The average molecular weight is 233 g/mol. The molecule has 0 aliphatic heterocycles. The molecule has 0 aromatic heterocycles. The van der Waals surface area contributed by atoms with Crippen LogP contribution < -0.4 is 4.74 Å². The Morgan fingerprint density at radius 1 is 1.18 bits per heavy atom. The van der Waals surface area contributed by atoms with Crippen LogP contribution in [0.15, 0.2) is 24.3 Å². The summed E-state index contributed by atoms with van der Waals surface area (Å²) in [5, 5.41) is 0. The third-order valence-electron chi connectivity index (χ3n) is 3.68. The first-order valence-electron chi connectivity index (χ1n) is 6.65. The van der Waals surface area contributed by atoms with Crippen molar-refractivity contribution >= 4 is 0 Å². The molecule has 0 unspecified atom stereocenters. The van der Waals surface area contributed by atoms with E-state index in [-0.39, 0.29) is 0 Å². The molecule has 1 aromatic carbocycles. The highest BCUT2D eigenvalue weighted by Crippen LogP contribution is 2.22. The van der Waals surface area contributed by atoms with Gasteiger partial charge in [0, 0.05) is 12.6 Å². The molecule has 1 saturated carbocycles. The van der Waals surface area contributed by atoms with Crippen LogP contribution in [0.1, 0.15) is 31.2 Å². The number of ether oxygens (including phenoxy) is 1. The van der Waals surface area contributed by atoms with Crippen molar-refractivity contribution in [3.05, 3.63) is 29.8 Å². The highest BCUT2D eigenvalue weighted by Gasteiger charge is 2.18. The standard InChI is InChI=1S/C15H23NO/c1-13-7-9-15(10-8-13)17-12-11-16(2)14-5-3-4-6-14/h7-10,14H,3-6,11-12H2,1-2H3. The zero-order valence-electron chi connectivity index (χ0n) is 11.0. The maximum Gasteiger partial charge on any atom is 0.119 e. The number of likely N-dealkylation sites (N-methyl/N-ethyl adjacent to an activating group) is 1. The van der Waals surface area contributed by atoms with Gasteiger partial charge in [0.25, 0.3) is 0 Å². The Balaban J connectivity index is 1.70. The molecular weight excluding hydrogens is 210 g/mol. The molecule has 2 nitrogen and oxygen atoms in total. The average Bonchev–Trinajstić information content (AvgIpc) is 2.85. The van der Waals surface area contributed by atoms with E-state index in [4.69, 9.17) is 4.74 Å². The Morgan fingerprint density at radius 3 is 2.47 bits per heavy atom. The topological polar surface area (TPSA) is 12.5 Å². The molecule has 0 heterocycles. The van der Waals surface area contributed by atoms with Crippen molar-refractivity contribution < 1.29 is 4.74 Å². The molecule has 1 aliphatic carbocycles. The second-order valence-electron chi connectivity index (χ2n) is 5.08. The largest absolute Gasteiger partial charge is 0.492 e. The van der Waals surface area contributed by atoms with E-state index in [0.717, 1.165) is 24.9 Å². The van der Waals surface area contributed by atoms with Crippen LogP contribution in [-0.4, -0.2) is 31.1 Å². The molecule has 1 aromatic rings. The van der Waals surface area contributed by atoms with Crippen LogP contribution in [0.2, 0.25) is 0 Å². The van der Waals surface area contributed by atoms with Gasteiger partial charge < -0.3 is 9.64 Å². The zero-order chi connectivity index (χ0) is 12.1. The SMILES string of the molecule is Cc1ccc(OCCN(C)C2CCCC2)cc1. The normalized spacial score (nSPS) is 16.6. The number of benzene rings is 1. The zero-order valence-corrected chi connectivity index (χ0v) is 11.0. The lowest BCUT2D eigenvalue weighted by atomic mass is 10.2. The lowest BCUT2D eigenvalue weighted by Gasteiger charge is -2.23. The number of aryl methyl sites for hydroxylation is 1. The Hall–Kier alpha value is -1.02. The molecule has 0 atom stereocenters. The third kappa shape index (κ3) is 3.74. The van der Waals surface area contributed by atoms with E-state index in [2.05, 4.69) is 31.0 Å². The van der Waals surface area contributed by atoms with Gasteiger partial charge >= 0.3 is 0 Å². The molecule has 0 radical (unpaired) electrons. The van der Waals surface area contributed by atoms with Crippen LogP contribution in [0.5, 0.6) is 5.75 Å². The fraction of sp³-hybridized carbons (Fsp3) is 0.600. The molecule has 1 fully saturated rings. The summed E-state index contributed by atoms with van der Waals surface area (Å²) in [5.41, 5.74) is 1.28. The van der Waals surface area contributed by atoms with Gasteiger partial charge in [0.15, 0.2) is 0 Å². The molecule has 2 rings (SSSR count). The number of nitrogens with zero attached hydrogens (tertiary/aromatic N) is 1. The van der Waals surface area contributed by atoms with E-state index in [1.54, 1.807) is 0 Å². The molecule has 0 bridgehead atoms. The summed E-state index contributed by atoms with van der Waals surface area (Å²) < 4.78 is 5.75. The Labute approximate surface area is 105 Å². The van der Waals surface area contributed by atoms with Gasteiger partial charge in [0.1, 0.15) is 12.4 Å². The van der Waals surface area contributed by atoms with Crippen molar-refractivity contribution in [2.75, 3.05) is 20.2 Å². The van der Waals surface area contributed by atoms with Crippen molar-refractivity contribution in [3.63, 3.8) is 0 Å². The summed E-state index contributed by atoms with van der Waals surface area (Å²) >= 11 is 0. The van der Waals surface area contributed by atoms with E-state index in [9.17, 15) is 0 Å². The van der Waals surface area contributed by atoms with Gasteiger partial charge in [-0.1, -0.05) is 30.5 Å². The fourth-order valence-electron chi connectivity index (χ4n) is 2.47. The third-order valence-corrected chi connectivity index (χ3v) is 3.68. The second-order valence-corrected chi connectivity index (χ2v) is 5.08. The molecule has 17 heavy (non-hydrogen) atoms. The van der Waals surface area contributed by atoms with Gasteiger partial charge in [0.2, 0.25) is 0 Å². The summed E-state index contributed by atoms with van der Waals surface area (Å²) in [6.45, 7) is 3.91. The van der Waals surface area contributed by atoms with Crippen LogP contribution in [0.4, 0.5) is 0 Å². The monoisotopic (exact) mass is 233 g/mol. The first kappa shape index (κ1) is 12.4. The van der Waals surface area contributed by atoms with Gasteiger partial charge in [-0.15, -0.1) is 0 Å². The highest BCUT2D eigenvalue weighted by molar-refractivity contribution is 5.26. The summed E-state index contributed by atoms with van der Waals surface area (Å²) in [6.07, 6.45) is 5.52. The fourth-order valence-corrected chi connectivity index (χ4v) is 2.47. The lowest BCUT2D eigenvalue weighted by molar-refractivity contribution is 0.193. The van der Waals surface area contributed by atoms with Gasteiger partial charge in [-0.05, 0) is 38.9 Å². The Bertz CT molecular complexity index is 327. The lowest BCUT2D eigenvalue weighted by Crippen LogP contribution is -2.32. The maximum atomic E-state index is 5.75. The number of hydrogen-bond acceptors (Lipinski definition) is 2. The van der Waals surface area contributed by atoms with Crippen molar-refractivity contribution in [1.29, 1.82) is 0 Å². The van der Waals surface area contributed by atoms with Crippen LogP contribution in [0.25, 0.3) is 0 Å². The maximum absolute atomic E-state index is 5.75. The first-order valence-corrected chi connectivity index (χ1v) is 6.65. The van der Waals surface area contributed by atoms with Crippen molar-refractivity contribution in [3.8, 4) is 5.75 Å². The van der Waals surface area contributed by atoms with E-state index >= 15 is 0 Å². The minimum Gasteiger partial charge on any atom is -0.492 e. The summed E-state index contributed by atoms with van der Waals surface area (Å²) in [6, 6.07) is 9.07. The molecule has 0 amide bonds. The first-order chi connectivity index (χ1) is 8.25. The van der Waals surface area contributed by atoms with E-state index in [0.29, 0.717) is 0 Å². The van der Waals surface area contributed by atoms with Crippen LogP contribution in [0.3, 0.4) is 0 Å². The van der Waals surface area contributed by atoms with Gasteiger partial charge in [-0.3, -0.25) is 0 Å². The summed E-state index contributed by atoms with van der Waals surface area (Å²) in [5.74, 6) is 0.982. The predicted octanol–water partition coefficient (Wildman–Crippen LogP) is 3.25. The molecule has 0 spiro atoms. The van der Waals surface area contributed by atoms with E-state index in [1.165, 1.54) is 31.2 Å². The molecule has 94 valence electrons. The molecule has 1 aliphatic rings. The minimum absolute atomic E-state index is 0.788. The van der Waals surface area contributed by atoms with E-state index < -0.39 is 0 Å². The van der Waals surface area contributed by atoms with Gasteiger partial charge in [-0.2, -0.15) is 0 Å². The van der Waals surface area contributed by atoms with Crippen LogP contribution in [0, 0.1) is 6.92 Å². The Morgan fingerprint density at radius 2 is 1.82 bits per heavy atom. The quantitative estimate of drug-likeness (QED) is 0.774. The second kappa shape index (κ2) is 6.06. The van der Waals surface area contributed by atoms with Crippen LogP contribution in [-0.2, 0) is 0 Å². The Kier molecular flexibility index (Phi) is 4.43. The van der Waals surface area contributed by atoms with Crippen LogP contribution >= 0.6 is 0 Å². The van der Waals surface area contributed by atoms with Gasteiger partial charge in [0.05, 0.1) is 0 Å². The smallest absolute Gasteiger partial charge is 0.119 e. The number of hydrogen-bond donors (Lipinski definition) is 0. The highest BCUT2D eigenvalue weighted by atomic mass is 16.5. The van der Waals surface area contributed by atoms with Gasteiger partial charge in [-0.25, -0.2) is 0 Å². The molecule has 0 saturated heterocycles. The molecule has 2 heteroatoms. The molecular formula is C15H23NO. The summed E-state index contributed by atoms with van der Waals surface area (Å²) in [7, 11) is 2.22. The summed E-state index contributed by atoms with van der Waals surface area (Å²) in [4.78, 5) is 2.45. The molecule has 0 N–H and O–H groups in total. The predicted molar refractivity (Wildman–Crippen MR) is 71.6 cm³/mol. The number of rotatable bonds is 5.